The van der Waals surface area contributed by atoms with Gasteiger partial charge in [0.2, 0.25) is 5.91 Å². The first kappa shape index (κ1) is 19.1. The van der Waals surface area contributed by atoms with E-state index in [4.69, 9.17) is 4.98 Å². The molecule has 0 saturated carbocycles. The van der Waals surface area contributed by atoms with Gasteiger partial charge >= 0.3 is 0 Å². The molecule has 6 heteroatoms. The van der Waals surface area contributed by atoms with Crippen molar-refractivity contribution < 1.29 is 9.59 Å². The molecule has 0 bridgehead atoms. The molecule has 0 atom stereocenters. The lowest BCUT2D eigenvalue weighted by atomic mass is 9.99. The third-order valence-corrected chi connectivity index (χ3v) is 6.71. The number of carbonyl (C=O) groups is 2. The van der Waals surface area contributed by atoms with Crippen molar-refractivity contribution >= 4 is 29.1 Å². The minimum Gasteiger partial charge on any atom is -0.326 e. The van der Waals surface area contributed by atoms with E-state index in [9.17, 15) is 9.59 Å². The third-order valence-electron chi connectivity index (χ3n) is 5.77. The van der Waals surface area contributed by atoms with Gasteiger partial charge in [0.05, 0.1) is 11.4 Å². The number of aryl methyl sites for hydroxylation is 2. The molecule has 2 heterocycles. The summed E-state index contributed by atoms with van der Waals surface area (Å²) in [7, 11) is 0. The minimum absolute atomic E-state index is 0.0360. The number of Topliss-reactive ketones (excluding diaryl/α,β-unsaturated/α-hetero) is 1. The molecule has 1 aliphatic carbocycles. The zero-order chi connectivity index (χ0) is 20.5. The lowest BCUT2D eigenvalue weighted by Gasteiger charge is -2.17. The number of nitrogens with one attached hydrogen (secondary N) is 1. The van der Waals surface area contributed by atoms with Crippen molar-refractivity contribution in [3.8, 4) is 5.69 Å². The second kappa shape index (κ2) is 8.11. The Labute approximate surface area is 179 Å². The topological polar surface area (TPSA) is 64.0 Å². The predicted octanol–water partition coefficient (Wildman–Crippen LogP) is 4.61. The molecule has 1 amide bonds. The molecule has 0 fully saturated rings. The number of nitrogens with zero attached hydrogens (tertiary/aromatic N) is 2. The van der Waals surface area contributed by atoms with Gasteiger partial charge in [-0.15, -0.1) is 0 Å². The van der Waals surface area contributed by atoms with Crippen molar-refractivity contribution in [3.63, 3.8) is 0 Å². The first-order chi connectivity index (χ1) is 14.7. The van der Waals surface area contributed by atoms with E-state index in [1.807, 2.05) is 36.4 Å². The zero-order valence-electron chi connectivity index (χ0n) is 16.7. The van der Waals surface area contributed by atoms with E-state index >= 15 is 0 Å². The fourth-order valence-corrected chi connectivity index (χ4v) is 5.17. The lowest BCUT2D eigenvalue weighted by Crippen LogP contribution is -2.19. The second-order valence-electron chi connectivity index (χ2n) is 7.80. The summed E-state index contributed by atoms with van der Waals surface area (Å²) in [4.78, 5) is 29.4. The fraction of sp³-hybridized carbons (Fsp3) is 0.292. The predicted molar refractivity (Wildman–Crippen MR) is 119 cm³/mol. The van der Waals surface area contributed by atoms with Gasteiger partial charge in [0.25, 0.3) is 0 Å². The maximum absolute atomic E-state index is 12.9. The molecule has 5 nitrogen and oxygen atoms in total. The van der Waals surface area contributed by atoms with Crippen LogP contribution in [0.2, 0.25) is 0 Å². The maximum Gasteiger partial charge on any atom is 0.224 e. The molecule has 0 radical (unpaired) electrons. The number of rotatable bonds is 5. The molecule has 2 aliphatic rings. The average molecular weight is 418 g/mol. The SMILES string of the molecule is O=C1CCc2cc(C(=O)CSc3nc4c(n3-c3ccccc3)CCCC4)ccc2N1. The summed E-state index contributed by atoms with van der Waals surface area (Å²) in [5, 5.41) is 3.76. The Morgan fingerprint density at radius 2 is 1.87 bits per heavy atom. The highest BCUT2D eigenvalue weighted by atomic mass is 32.2. The number of aromatic nitrogens is 2. The molecule has 0 saturated heterocycles. The normalized spacial score (nSPS) is 15.3. The van der Waals surface area contributed by atoms with Crippen LogP contribution in [-0.4, -0.2) is 27.0 Å². The summed E-state index contributed by atoms with van der Waals surface area (Å²) < 4.78 is 2.23. The molecule has 0 spiro atoms. The van der Waals surface area contributed by atoms with Crippen LogP contribution in [-0.2, 0) is 24.1 Å². The van der Waals surface area contributed by atoms with Crippen molar-refractivity contribution in [2.24, 2.45) is 0 Å². The van der Waals surface area contributed by atoms with Gasteiger partial charge in [-0.2, -0.15) is 0 Å². The van der Waals surface area contributed by atoms with Gasteiger partial charge in [-0.25, -0.2) is 4.98 Å². The molecule has 3 aromatic rings. The maximum atomic E-state index is 12.9. The number of amides is 1. The van der Waals surface area contributed by atoms with Crippen LogP contribution < -0.4 is 5.32 Å². The van der Waals surface area contributed by atoms with Crippen molar-refractivity contribution in [3.05, 3.63) is 71.0 Å². The molecule has 1 N–H and O–H groups in total. The average Bonchev–Trinajstić information content (AvgIpc) is 3.16. The Balaban J connectivity index is 1.38. The van der Waals surface area contributed by atoms with Crippen molar-refractivity contribution in [1.29, 1.82) is 0 Å². The second-order valence-corrected chi connectivity index (χ2v) is 8.74. The van der Waals surface area contributed by atoms with Crippen LogP contribution in [0, 0.1) is 0 Å². The number of ketones is 1. The number of thioether (sulfide) groups is 1. The van der Waals surface area contributed by atoms with Gasteiger partial charge < -0.3 is 5.32 Å². The number of benzene rings is 2. The van der Waals surface area contributed by atoms with Crippen LogP contribution in [0.1, 0.15) is 46.6 Å². The van der Waals surface area contributed by atoms with Gasteiger partial charge in [-0.1, -0.05) is 30.0 Å². The van der Waals surface area contributed by atoms with E-state index in [1.54, 1.807) is 0 Å². The summed E-state index contributed by atoms with van der Waals surface area (Å²) in [6.07, 6.45) is 5.54. The Morgan fingerprint density at radius 3 is 2.73 bits per heavy atom. The molecular formula is C24H23N3O2S. The Kier molecular flexibility index (Phi) is 5.17. The quantitative estimate of drug-likeness (QED) is 0.486. The smallest absolute Gasteiger partial charge is 0.224 e. The number of imidazole rings is 1. The first-order valence-electron chi connectivity index (χ1n) is 10.4. The molecule has 2 aromatic carbocycles. The number of hydrogen-bond acceptors (Lipinski definition) is 4. The largest absolute Gasteiger partial charge is 0.326 e. The van der Waals surface area contributed by atoms with Gasteiger partial charge in [0.15, 0.2) is 10.9 Å². The fourth-order valence-electron chi connectivity index (χ4n) is 4.23. The summed E-state index contributed by atoms with van der Waals surface area (Å²) in [5.41, 5.74) is 6.11. The summed E-state index contributed by atoms with van der Waals surface area (Å²) in [5.74, 6) is 0.461. The number of fused-ring (bicyclic) bond motifs is 2. The first-order valence-corrected chi connectivity index (χ1v) is 11.4. The summed E-state index contributed by atoms with van der Waals surface area (Å²) in [6, 6.07) is 15.9. The van der Waals surface area contributed by atoms with Gasteiger partial charge in [-0.05, 0) is 68.0 Å². The monoisotopic (exact) mass is 417 g/mol. The summed E-state index contributed by atoms with van der Waals surface area (Å²) >= 11 is 1.51. The van der Waals surface area contributed by atoms with Gasteiger partial charge in [0, 0.05) is 29.1 Å². The van der Waals surface area contributed by atoms with Crippen molar-refractivity contribution in [2.45, 2.75) is 43.7 Å². The van der Waals surface area contributed by atoms with E-state index in [-0.39, 0.29) is 11.7 Å². The van der Waals surface area contributed by atoms with E-state index in [0.29, 0.717) is 24.2 Å². The standard InChI is InChI=1S/C24H23N3O2S/c28-22(17-10-12-19-16(14-17)11-13-23(29)25-19)15-30-24-26-20-8-4-5-9-21(20)27(24)18-6-2-1-3-7-18/h1-3,6-7,10,12,14H,4-5,8-9,11,13,15H2,(H,25,29). The molecule has 1 aliphatic heterocycles. The minimum atomic E-state index is 0.0360. The van der Waals surface area contributed by atoms with E-state index < -0.39 is 0 Å². The molecule has 1 aromatic heterocycles. The highest BCUT2D eigenvalue weighted by Crippen LogP contribution is 2.31. The molecular weight excluding hydrogens is 394 g/mol. The van der Waals surface area contributed by atoms with Crippen LogP contribution in [0.5, 0.6) is 0 Å². The third kappa shape index (κ3) is 3.67. The Morgan fingerprint density at radius 1 is 1.03 bits per heavy atom. The number of carbonyl (C=O) groups excluding carboxylic acids is 2. The number of para-hydroxylation sites is 1. The van der Waals surface area contributed by atoms with E-state index in [1.165, 1.54) is 36.0 Å². The molecule has 0 unspecified atom stereocenters. The Hall–Kier alpha value is -2.86. The van der Waals surface area contributed by atoms with Gasteiger partial charge in [-0.3, -0.25) is 14.2 Å². The molecule has 152 valence electrons. The number of hydrogen-bond donors (Lipinski definition) is 1. The van der Waals surface area contributed by atoms with Crippen LogP contribution >= 0.6 is 11.8 Å². The highest BCUT2D eigenvalue weighted by Gasteiger charge is 2.22. The van der Waals surface area contributed by atoms with Crippen LogP contribution in [0.3, 0.4) is 0 Å². The Bertz CT molecular complexity index is 1120. The zero-order valence-corrected chi connectivity index (χ0v) is 17.5. The molecule has 30 heavy (non-hydrogen) atoms. The number of anilines is 1. The van der Waals surface area contributed by atoms with Crippen molar-refractivity contribution in [2.75, 3.05) is 11.1 Å². The van der Waals surface area contributed by atoms with Crippen LogP contribution in [0.4, 0.5) is 5.69 Å². The van der Waals surface area contributed by atoms with Crippen LogP contribution in [0.15, 0.2) is 53.7 Å². The van der Waals surface area contributed by atoms with Crippen molar-refractivity contribution in [1.82, 2.24) is 9.55 Å². The van der Waals surface area contributed by atoms with E-state index in [0.717, 1.165) is 34.9 Å². The van der Waals surface area contributed by atoms with Crippen LogP contribution in [0.25, 0.3) is 5.69 Å². The van der Waals surface area contributed by atoms with Gasteiger partial charge in [0.1, 0.15) is 0 Å². The lowest BCUT2D eigenvalue weighted by molar-refractivity contribution is -0.116. The molecule has 5 rings (SSSR count). The van der Waals surface area contributed by atoms with E-state index in [2.05, 4.69) is 22.0 Å². The highest BCUT2D eigenvalue weighted by molar-refractivity contribution is 7.99. The summed E-state index contributed by atoms with van der Waals surface area (Å²) in [6.45, 7) is 0.